The van der Waals surface area contributed by atoms with E-state index >= 15 is 0 Å². The van der Waals surface area contributed by atoms with E-state index in [9.17, 15) is 0 Å². The van der Waals surface area contributed by atoms with Gasteiger partial charge < -0.3 is 15.4 Å². The molecule has 0 fully saturated rings. The smallest absolute Gasteiger partial charge is 0.119 e. The predicted molar refractivity (Wildman–Crippen MR) is 80.0 cm³/mol. The molecule has 0 aliphatic heterocycles. The van der Waals surface area contributed by atoms with Gasteiger partial charge in [-0.1, -0.05) is 24.4 Å². The van der Waals surface area contributed by atoms with Crippen LogP contribution in [0.5, 0.6) is 5.75 Å². The van der Waals surface area contributed by atoms with E-state index in [0.717, 1.165) is 38.1 Å². The molecule has 100 valence electrons. The zero-order valence-corrected chi connectivity index (χ0v) is 12.0. The summed E-state index contributed by atoms with van der Waals surface area (Å²) in [6.07, 6.45) is 3.04. The van der Waals surface area contributed by atoms with Gasteiger partial charge in [0.1, 0.15) is 5.75 Å². The number of thiocarbonyl (C=S) groups is 1. The first-order chi connectivity index (χ1) is 8.61. The average Bonchev–Trinajstić information content (AvgIpc) is 2.34. The number of nitrogens with two attached hydrogens (primary N) is 1. The molecule has 4 heteroatoms. The Labute approximate surface area is 115 Å². The van der Waals surface area contributed by atoms with Gasteiger partial charge in [0, 0.05) is 6.54 Å². The molecule has 0 heterocycles. The Kier molecular flexibility index (Phi) is 6.68. The van der Waals surface area contributed by atoms with Crippen molar-refractivity contribution in [2.45, 2.75) is 25.8 Å². The zero-order chi connectivity index (χ0) is 13.4. The maximum Gasteiger partial charge on any atom is 0.119 e. The first-order valence-electron chi connectivity index (χ1n) is 6.21. The van der Waals surface area contributed by atoms with E-state index in [4.69, 9.17) is 22.7 Å². The topological polar surface area (TPSA) is 38.5 Å². The molecule has 1 aromatic carbocycles. The summed E-state index contributed by atoms with van der Waals surface area (Å²) in [6, 6.07) is 8.18. The Morgan fingerprint density at radius 1 is 1.39 bits per heavy atom. The molecule has 0 spiro atoms. The molecule has 0 radical (unpaired) electrons. The minimum atomic E-state index is 0.616. The molecular formula is C14H22N2OS. The van der Waals surface area contributed by atoms with Gasteiger partial charge in [-0.2, -0.15) is 0 Å². The third-order valence-corrected chi connectivity index (χ3v) is 3.00. The largest absolute Gasteiger partial charge is 0.497 e. The molecule has 3 nitrogen and oxygen atoms in total. The first-order valence-corrected chi connectivity index (χ1v) is 6.62. The highest BCUT2D eigenvalue weighted by Crippen LogP contribution is 2.14. The van der Waals surface area contributed by atoms with Crippen LogP contribution in [0.15, 0.2) is 24.3 Å². The van der Waals surface area contributed by atoms with E-state index in [0.29, 0.717) is 4.99 Å². The average molecular weight is 266 g/mol. The lowest BCUT2D eigenvalue weighted by atomic mass is 10.2. The number of unbranched alkanes of at least 4 members (excludes halogenated alkanes) is 1. The van der Waals surface area contributed by atoms with Crippen LogP contribution in [-0.2, 0) is 6.54 Å². The van der Waals surface area contributed by atoms with E-state index in [-0.39, 0.29) is 0 Å². The van der Waals surface area contributed by atoms with E-state index in [1.807, 2.05) is 12.1 Å². The number of rotatable bonds is 8. The van der Waals surface area contributed by atoms with Gasteiger partial charge in [0.2, 0.25) is 0 Å². The van der Waals surface area contributed by atoms with E-state index in [1.165, 1.54) is 5.56 Å². The van der Waals surface area contributed by atoms with Gasteiger partial charge in [0.25, 0.3) is 0 Å². The van der Waals surface area contributed by atoms with Crippen molar-refractivity contribution >= 4 is 17.2 Å². The molecule has 0 aliphatic carbocycles. The molecule has 1 aromatic rings. The molecule has 0 unspecified atom stereocenters. The van der Waals surface area contributed by atoms with Gasteiger partial charge in [-0.15, -0.1) is 0 Å². The molecule has 0 bridgehead atoms. The fourth-order valence-corrected chi connectivity index (χ4v) is 1.99. The minimum absolute atomic E-state index is 0.616. The second-order valence-electron chi connectivity index (χ2n) is 4.51. The monoisotopic (exact) mass is 266 g/mol. The van der Waals surface area contributed by atoms with Crippen molar-refractivity contribution in [3.63, 3.8) is 0 Å². The Morgan fingerprint density at radius 2 is 2.17 bits per heavy atom. The molecule has 0 aliphatic rings. The Balaban J connectivity index is 2.30. The van der Waals surface area contributed by atoms with Crippen LogP contribution in [0.1, 0.15) is 24.8 Å². The number of ether oxygens (including phenoxy) is 1. The zero-order valence-electron chi connectivity index (χ0n) is 11.2. The predicted octanol–water partition coefficient (Wildman–Crippen LogP) is 2.58. The molecule has 0 atom stereocenters. The maximum absolute atomic E-state index is 5.47. The van der Waals surface area contributed by atoms with Crippen molar-refractivity contribution in [3.05, 3.63) is 29.8 Å². The standard InChI is InChI=1S/C14H22N2OS/c1-16(9-4-3-8-14(15)18)11-12-6-5-7-13(10-12)17-2/h5-7,10H,3-4,8-9,11H2,1-2H3,(H2,15,18). The quantitative estimate of drug-likeness (QED) is 0.580. The molecular weight excluding hydrogens is 244 g/mol. The van der Waals surface area contributed by atoms with Crippen LogP contribution in [0.2, 0.25) is 0 Å². The SMILES string of the molecule is COc1cccc(CN(C)CCCCC(N)=S)c1. The third kappa shape index (κ3) is 5.98. The van der Waals surface area contributed by atoms with Crippen LogP contribution in [0.25, 0.3) is 0 Å². The normalized spacial score (nSPS) is 10.6. The van der Waals surface area contributed by atoms with Crippen molar-refractivity contribution in [1.29, 1.82) is 0 Å². The van der Waals surface area contributed by atoms with Crippen LogP contribution in [-0.4, -0.2) is 30.6 Å². The maximum atomic E-state index is 5.47. The van der Waals surface area contributed by atoms with E-state index in [1.54, 1.807) is 7.11 Å². The number of hydrogen-bond acceptors (Lipinski definition) is 3. The lowest BCUT2D eigenvalue weighted by Crippen LogP contribution is -2.19. The molecule has 0 saturated carbocycles. The van der Waals surface area contributed by atoms with Crippen molar-refractivity contribution in [1.82, 2.24) is 4.90 Å². The second kappa shape index (κ2) is 8.06. The Morgan fingerprint density at radius 3 is 2.83 bits per heavy atom. The molecule has 0 aromatic heterocycles. The third-order valence-electron chi connectivity index (χ3n) is 2.80. The van der Waals surface area contributed by atoms with Gasteiger partial charge in [0.15, 0.2) is 0 Å². The first kappa shape index (κ1) is 14.9. The van der Waals surface area contributed by atoms with Crippen LogP contribution in [0.3, 0.4) is 0 Å². The second-order valence-corrected chi connectivity index (χ2v) is 5.04. The van der Waals surface area contributed by atoms with Crippen molar-refractivity contribution in [2.75, 3.05) is 20.7 Å². The molecule has 2 N–H and O–H groups in total. The van der Waals surface area contributed by atoms with Gasteiger partial charge in [0.05, 0.1) is 12.1 Å². The summed E-state index contributed by atoms with van der Waals surface area (Å²) in [5.41, 5.74) is 6.74. The van der Waals surface area contributed by atoms with Crippen molar-refractivity contribution in [2.24, 2.45) is 5.73 Å². The van der Waals surface area contributed by atoms with Crippen LogP contribution in [0, 0.1) is 0 Å². The summed E-state index contributed by atoms with van der Waals surface area (Å²) in [4.78, 5) is 2.92. The highest BCUT2D eigenvalue weighted by Gasteiger charge is 2.01. The summed E-state index contributed by atoms with van der Waals surface area (Å²) >= 11 is 4.86. The van der Waals surface area contributed by atoms with Gasteiger partial charge >= 0.3 is 0 Å². The van der Waals surface area contributed by atoms with Crippen LogP contribution < -0.4 is 10.5 Å². The molecule has 0 saturated heterocycles. The van der Waals surface area contributed by atoms with Crippen molar-refractivity contribution in [3.8, 4) is 5.75 Å². The van der Waals surface area contributed by atoms with E-state index in [2.05, 4.69) is 24.1 Å². The van der Waals surface area contributed by atoms with Crippen LogP contribution >= 0.6 is 12.2 Å². The number of benzene rings is 1. The Bertz CT molecular complexity index is 382. The summed E-state index contributed by atoms with van der Waals surface area (Å²) in [7, 11) is 3.82. The molecule has 1 rings (SSSR count). The number of nitrogens with zero attached hydrogens (tertiary/aromatic N) is 1. The summed E-state index contributed by atoms with van der Waals surface area (Å²) in [5.74, 6) is 0.911. The van der Waals surface area contributed by atoms with Gasteiger partial charge in [-0.25, -0.2) is 0 Å². The lowest BCUT2D eigenvalue weighted by molar-refractivity contribution is 0.319. The minimum Gasteiger partial charge on any atom is -0.497 e. The summed E-state index contributed by atoms with van der Waals surface area (Å²) < 4.78 is 5.21. The van der Waals surface area contributed by atoms with E-state index < -0.39 is 0 Å². The highest BCUT2D eigenvalue weighted by atomic mass is 32.1. The van der Waals surface area contributed by atoms with Gasteiger partial charge in [-0.05, 0) is 50.6 Å². The lowest BCUT2D eigenvalue weighted by Gasteiger charge is -2.16. The van der Waals surface area contributed by atoms with Gasteiger partial charge in [-0.3, -0.25) is 0 Å². The number of hydrogen-bond donors (Lipinski definition) is 1. The Hall–Kier alpha value is -1.13. The molecule has 0 amide bonds. The van der Waals surface area contributed by atoms with Crippen molar-refractivity contribution < 1.29 is 4.74 Å². The highest BCUT2D eigenvalue weighted by molar-refractivity contribution is 7.80. The number of methoxy groups -OCH3 is 1. The fraction of sp³-hybridized carbons (Fsp3) is 0.500. The fourth-order valence-electron chi connectivity index (χ4n) is 1.84. The summed E-state index contributed by atoms with van der Waals surface area (Å²) in [5, 5.41) is 0. The molecule has 18 heavy (non-hydrogen) atoms. The summed E-state index contributed by atoms with van der Waals surface area (Å²) in [6.45, 7) is 1.99. The van der Waals surface area contributed by atoms with Crippen LogP contribution in [0.4, 0.5) is 0 Å².